The molecule has 0 bridgehead atoms. The van der Waals surface area contributed by atoms with Crippen LogP contribution < -0.4 is 14.8 Å². The molecule has 0 spiro atoms. The number of rotatable bonds is 6. The molecule has 0 saturated heterocycles. The Balaban J connectivity index is 2.43. The maximum absolute atomic E-state index is 14.5. The van der Waals surface area contributed by atoms with Gasteiger partial charge in [0.2, 0.25) is 0 Å². The van der Waals surface area contributed by atoms with E-state index in [0.29, 0.717) is 11.3 Å². The molecule has 0 amide bonds. The number of nitriles is 1. The lowest BCUT2D eigenvalue weighted by molar-refractivity contribution is -0.141. The molecule has 0 aliphatic rings. The second-order valence-corrected chi connectivity index (χ2v) is 5.02. The Morgan fingerprint density at radius 1 is 1.12 bits per heavy atom. The van der Waals surface area contributed by atoms with Crippen molar-refractivity contribution in [3.05, 3.63) is 53.3 Å². The lowest BCUT2D eigenvalue weighted by Crippen LogP contribution is -2.23. The van der Waals surface area contributed by atoms with Gasteiger partial charge in [-0.15, -0.1) is 0 Å². The number of anilines is 1. The normalized spacial score (nSPS) is 11.2. The van der Waals surface area contributed by atoms with Crippen LogP contribution in [0.25, 0.3) is 0 Å². The number of carbonyl (C=O) groups is 1. The zero-order valence-electron chi connectivity index (χ0n) is 14.0. The van der Waals surface area contributed by atoms with Crippen molar-refractivity contribution in [3.8, 4) is 17.6 Å². The standard InChI is InChI=1S/C18H17FN2O4/c1-23-15-8-13(14(19)9-16(15)24-2)17(18(22)25-3)21-12-6-4-11(10-20)5-7-12/h4-9,17,21H,1-3H3. The first kappa shape index (κ1) is 18.1. The van der Waals surface area contributed by atoms with Crippen LogP contribution >= 0.6 is 0 Å². The zero-order chi connectivity index (χ0) is 18.4. The highest BCUT2D eigenvalue weighted by atomic mass is 19.1. The Labute approximate surface area is 144 Å². The van der Waals surface area contributed by atoms with Crippen LogP contribution in [0, 0.1) is 17.1 Å². The molecule has 0 aliphatic carbocycles. The number of hydrogen-bond acceptors (Lipinski definition) is 6. The number of ether oxygens (including phenoxy) is 3. The van der Waals surface area contributed by atoms with Gasteiger partial charge in [0.05, 0.1) is 33.0 Å². The van der Waals surface area contributed by atoms with Crippen LogP contribution in [0.5, 0.6) is 11.5 Å². The van der Waals surface area contributed by atoms with Crippen molar-refractivity contribution in [3.63, 3.8) is 0 Å². The predicted octanol–water partition coefficient (Wildman–Crippen LogP) is 3.04. The van der Waals surface area contributed by atoms with Crippen molar-refractivity contribution in [1.82, 2.24) is 0 Å². The van der Waals surface area contributed by atoms with Gasteiger partial charge in [-0.25, -0.2) is 9.18 Å². The quantitative estimate of drug-likeness (QED) is 0.811. The average molecular weight is 344 g/mol. The number of halogens is 1. The Bertz CT molecular complexity index is 800. The monoisotopic (exact) mass is 344 g/mol. The molecular formula is C18H17FN2O4. The minimum Gasteiger partial charge on any atom is -0.493 e. The Hall–Kier alpha value is -3.27. The number of carbonyl (C=O) groups excluding carboxylic acids is 1. The second-order valence-electron chi connectivity index (χ2n) is 5.02. The molecule has 1 N–H and O–H groups in total. The fourth-order valence-electron chi connectivity index (χ4n) is 2.28. The predicted molar refractivity (Wildman–Crippen MR) is 89.0 cm³/mol. The maximum Gasteiger partial charge on any atom is 0.333 e. The number of nitrogens with one attached hydrogen (secondary N) is 1. The van der Waals surface area contributed by atoms with Gasteiger partial charge in [-0.2, -0.15) is 5.26 Å². The summed E-state index contributed by atoms with van der Waals surface area (Å²) in [6.45, 7) is 0. The van der Waals surface area contributed by atoms with E-state index >= 15 is 0 Å². The minimum absolute atomic E-state index is 0.0499. The van der Waals surface area contributed by atoms with Gasteiger partial charge in [-0.1, -0.05) is 0 Å². The summed E-state index contributed by atoms with van der Waals surface area (Å²) in [6, 6.07) is 9.83. The number of nitrogens with zero attached hydrogens (tertiary/aromatic N) is 1. The molecule has 130 valence electrons. The molecule has 2 aromatic carbocycles. The van der Waals surface area contributed by atoms with E-state index in [4.69, 9.17) is 19.5 Å². The van der Waals surface area contributed by atoms with E-state index in [0.717, 1.165) is 6.07 Å². The lowest BCUT2D eigenvalue weighted by atomic mass is 10.0. The van der Waals surface area contributed by atoms with E-state index in [1.54, 1.807) is 24.3 Å². The third-order valence-electron chi connectivity index (χ3n) is 3.58. The van der Waals surface area contributed by atoms with Crippen LogP contribution in [-0.2, 0) is 9.53 Å². The van der Waals surface area contributed by atoms with E-state index < -0.39 is 17.8 Å². The fraction of sp³-hybridized carbons (Fsp3) is 0.222. The van der Waals surface area contributed by atoms with Crippen LogP contribution in [0.1, 0.15) is 17.2 Å². The van der Waals surface area contributed by atoms with Gasteiger partial charge in [0.1, 0.15) is 5.82 Å². The van der Waals surface area contributed by atoms with Crippen molar-refractivity contribution in [2.24, 2.45) is 0 Å². The van der Waals surface area contributed by atoms with Crippen molar-refractivity contribution in [1.29, 1.82) is 5.26 Å². The van der Waals surface area contributed by atoms with E-state index in [-0.39, 0.29) is 17.1 Å². The summed E-state index contributed by atoms with van der Waals surface area (Å²) in [6.07, 6.45) is 0. The first-order valence-electron chi connectivity index (χ1n) is 7.30. The third kappa shape index (κ3) is 3.98. The SMILES string of the molecule is COC(=O)C(Nc1ccc(C#N)cc1)c1cc(OC)c(OC)cc1F. The van der Waals surface area contributed by atoms with E-state index in [1.165, 1.54) is 27.4 Å². The van der Waals surface area contributed by atoms with Gasteiger partial charge in [0.15, 0.2) is 17.5 Å². The highest BCUT2D eigenvalue weighted by Gasteiger charge is 2.26. The van der Waals surface area contributed by atoms with E-state index in [2.05, 4.69) is 5.32 Å². The summed E-state index contributed by atoms with van der Waals surface area (Å²) < 4.78 is 29.5. The van der Waals surface area contributed by atoms with Gasteiger partial charge in [0.25, 0.3) is 0 Å². The Morgan fingerprint density at radius 3 is 2.24 bits per heavy atom. The molecule has 25 heavy (non-hydrogen) atoms. The smallest absolute Gasteiger partial charge is 0.333 e. The van der Waals surface area contributed by atoms with Crippen molar-refractivity contribution in [2.75, 3.05) is 26.6 Å². The summed E-state index contributed by atoms with van der Waals surface area (Å²) in [5.41, 5.74) is 1.05. The summed E-state index contributed by atoms with van der Waals surface area (Å²) in [5, 5.41) is 11.7. The second kappa shape index (κ2) is 8.02. The first-order valence-corrected chi connectivity index (χ1v) is 7.30. The van der Waals surface area contributed by atoms with Gasteiger partial charge < -0.3 is 19.5 Å². The highest BCUT2D eigenvalue weighted by Crippen LogP contribution is 2.34. The van der Waals surface area contributed by atoms with Crippen molar-refractivity contribution >= 4 is 11.7 Å². The van der Waals surface area contributed by atoms with Gasteiger partial charge in [0, 0.05) is 17.3 Å². The van der Waals surface area contributed by atoms with Crippen LogP contribution in [0.3, 0.4) is 0 Å². The zero-order valence-corrected chi connectivity index (χ0v) is 14.0. The molecule has 1 unspecified atom stereocenters. The molecule has 0 aliphatic heterocycles. The van der Waals surface area contributed by atoms with Gasteiger partial charge in [-0.05, 0) is 30.3 Å². The molecule has 0 fully saturated rings. The van der Waals surface area contributed by atoms with E-state index in [1.807, 2.05) is 6.07 Å². The Morgan fingerprint density at radius 2 is 1.72 bits per heavy atom. The van der Waals surface area contributed by atoms with Crippen LogP contribution in [0.4, 0.5) is 10.1 Å². The molecule has 7 heteroatoms. The molecular weight excluding hydrogens is 327 g/mol. The minimum atomic E-state index is -1.10. The molecule has 0 saturated carbocycles. The first-order chi connectivity index (χ1) is 12.0. The average Bonchev–Trinajstić information content (AvgIpc) is 2.65. The molecule has 0 radical (unpaired) electrons. The number of methoxy groups -OCH3 is 3. The summed E-state index contributed by atoms with van der Waals surface area (Å²) in [5.74, 6) is -0.815. The molecule has 1 atom stereocenters. The maximum atomic E-state index is 14.5. The van der Waals surface area contributed by atoms with Crippen LogP contribution in [0.15, 0.2) is 36.4 Å². The number of hydrogen-bond donors (Lipinski definition) is 1. The largest absolute Gasteiger partial charge is 0.493 e. The number of benzene rings is 2. The van der Waals surface area contributed by atoms with Gasteiger partial charge in [-0.3, -0.25) is 0 Å². The lowest BCUT2D eigenvalue weighted by Gasteiger charge is -2.20. The molecule has 2 rings (SSSR count). The van der Waals surface area contributed by atoms with Crippen LogP contribution in [-0.4, -0.2) is 27.3 Å². The summed E-state index contributed by atoms with van der Waals surface area (Å²) in [7, 11) is 4.03. The van der Waals surface area contributed by atoms with Crippen molar-refractivity contribution < 1.29 is 23.4 Å². The highest BCUT2D eigenvalue weighted by molar-refractivity contribution is 5.81. The third-order valence-corrected chi connectivity index (χ3v) is 3.58. The summed E-state index contributed by atoms with van der Waals surface area (Å²) in [4.78, 5) is 12.2. The Kier molecular flexibility index (Phi) is 5.79. The molecule has 0 heterocycles. The number of esters is 1. The fourth-order valence-corrected chi connectivity index (χ4v) is 2.28. The van der Waals surface area contributed by atoms with Gasteiger partial charge >= 0.3 is 5.97 Å². The summed E-state index contributed by atoms with van der Waals surface area (Å²) >= 11 is 0. The van der Waals surface area contributed by atoms with E-state index in [9.17, 15) is 9.18 Å². The molecule has 0 aromatic heterocycles. The molecule has 2 aromatic rings. The van der Waals surface area contributed by atoms with Crippen LogP contribution in [0.2, 0.25) is 0 Å². The van der Waals surface area contributed by atoms with Crippen molar-refractivity contribution in [2.45, 2.75) is 6.04 Å². The molecule has 6 nitrogen and oxygen atoms in total. The topological polar surface area (TPSA) is 80.6 Å².